The van der Waals surface area contributed by atoms with E-state index in [9.17, 15) is 9.90 Å². The van der Waals surface area contributed by atoms with E-state index < -0.39 is 0 Å². The fraction of sp³-hybridized carbons (Fsp3) is 0.969. The summed E-state index contributed by atoms with van der Waals surface area (Å²) in [6.07, 6.45) is 16.4. The molecule has 4 aliphatic carbocycles. The number of likely N-dealkylation sites (N-methyl/N-ethyl adjacent to an activating group) is 1. The number of esters is 1. The van der Waals surface area contributed by atoms with Crippen LogP contribution >= 0.6 is 0 Å². The lowest BCUT2D eigenvalue weighted by Gasteiger charge is -2.62. The van der Waals surface area contributed by atoms with Crippen LogP contribution in [0.15, 0.2) is 0 Å². The number of aliphatic hydroxyl groups is 1. The van der Waals surface area contributed by atoms with Crippen LogP contribution in [0.4, 0.5) is 0 Å². The summed E-state index contributed by atoms with van der Waals surface area (Å²) in [7, 11) is 2.46. The number of quaternary nitrogens is 1. The summed E-state index contributed by atoms with van der Waals surface area (Å²) in [5.41, 5.74) is 0.421. The number of likely N-dealkylation sites (tertiary alicyclic amines) is 2. The summed E-state index contributed by atoms with van der Waals surface area (Å²) in [4.78, 5) is 14.8. The van der Waals surface area contributed by atoms with Gasteiger partial charge in [-0.3, -0.25) is 9.69 Å². The second-order valence-electron chi connectivity index (χ2n) is 15.2. The maximum atomic E-state index is 12.1. The van der Waals surface area contributed by atoms with Crippen LogP contribution in [-0.2, 0) is 9.53 Å². The Hall–Kier alpha value is -0.650. The lowest BCUT2D eigenvalue weighted by molar-refractivity contribution is -0.940. The summed E-state index contributed by atoms with van der Waals surface area (Å²) in [5.74, 6) is 2.74. The van der Waals surface area contributed by atoms with Crippen molar-refractivity contribution in [3.05, 3.63) is 0 Å². The fourth-order valence-electron chi connectivity index (χ4n) is 11.4. The summed E-state index contributed by atoms with van der Waals surface area (Å²) < 4.78 is 7.18. The van der Waals surface area contributed by atoms with Crippen molar-refractivity contribution in [1.82, 2.24) is 4.90 Å². The largest absolute Gasteiger partial charge is 0.461 e. The molecule has 1 N–H and O–H groups in total. The molecule has 6 rings (SSSR count). The van der Waals surface area contributed by atoms with Crippen molar-refractivity contribution < 1.29 is 19.1 Å². The molecule has 2 aliphatic heterocycles. The van der Waals surface area contributed by atoms with Crippen LogP contribution in [-0.4, -0.2) is 78.0 Å². The number of nitrogens with zero attached hydrogens (tertiary/aromatic N) is 2. The van der Waals surface area contributed by atoms with E-state index in [0.717, 1.165) is 22.7 Å². The van der Waals surface area contributed by atoms with Gasteiger partial charge in [0.1, 0.15) is 18.2 Å². The van der Waals surface area contributed by atoms with Gasteiger partial charge in [0.15, 0.2) is 0 Å². The standard InChI is InChI=1S/C32H55N2O3/c1-22(35)37-29-19-23-11-12-24-25(32(23,3)21-27(29)33-15-7-5-8-16-33)13-14-31(2)26(24)20-28(30(31)36)34(4)17-9-6-10-18-34/h23-30,36H,5-21H2,1-4H3/q+1/t23-,24+,25-,26-,27-,28-,29-,30-,31-,32-/m0/s1. The van der Waals surface area contributed by atoms with E-state index in [2.05, 4.69) is 25.8 Å². The van der Waals surface area contributed by atoms with E-state index in [-0.39, 0.29) is 23.6 Å². The molecule has 2 heterocycles. The first-order chi connectivity index (χ1) is 17.7. The number of aliphatic hydroxyl groups excluding tert-OH is 1. The number of carbonyl (C=O) groups excluding carboxylic acids is 1. The normalized spacial score (nSPS) is 50.0. The minimum Gasteiger partial charge on any atom is -0.461 e. The van der Waals surface area contributed by atoms with Crippen molar-refractivity contribution in [2.45, 2.75) is 129 Å². The molecule has 6 fully saturated rings. The molecule has 0 bridgehead atoms. The van der Waals surface area contributed by atoms with Gasteiger partial charge in [0, 0.05) is 24.8 Å². The number of fused-ring (bicyclic) bond motifs is 5. The number of rotatable bonds is 3. The summed E-state index contributed by atoms with van der Waals surface area (Å²) >= 11 is 0. The second-order valence-corrected chi connectivity index (χ2v) is 15.2. The van der Waals surface area contributed by atoms with E-state index in [1.54, 1.807) is 6.92 Å². The molecule has 5 nitrogen and oxygen atoms in total. The van der Waals surface area contributed by atoms with Crippen LogP contribution in [0.25, 0.3) is 0 Å². The van der Waals surface area contributed by atoms with Gasteiger partial charge in [0.25, 0.3) is 0 Å². The molecule has 0 radical (unpaired) electrons. The van der Waals surface area contributed by atoms with Gasteiger partial charge in [-0.2, -0.15) is 0 Å². The Bertz CT molecular complexity index is 851. The van der Waals surface area contributed by atoms with Crippen molar-refractivity contribution in [2.75, 3.05) is 33.2 Å². The third-order valence-electron chi connectivity index (χ3n) is 13.4. The summed E-state index contributed by atoms with van der Waals surface area (Å²) in [6.45, 7) is 11.6. The second kappa shape index (κ2) is 9.77. The van der Waals surface area contributed by atoms with Gasteiger partial charge in [-0.15, -0.1) is 0 Å². The van der Waals surface area contributed by atoms with Gasteiger partial charge >= 0.3 is 5.97 Å². The smallest absolute Gasteiger partial charge is 0.302 e. The molecule has 0 aromatic carbocycles. The quantitative estimate of drug-likeness (QED) is 0.404. The van der Waals surface area contributed by atoms with Gasteiger partial charge in [0.2, 0.25) is 0 Å². The Kier molecular flexibility index (Phi) is 7.01. The molecular weight excluding hydrogens is 460 g/mol. The average molecular weight is 516 g/mol. The van der Waals surface area contributed by atoms with E-state index in [4.69, 9.17) is 4.74 Å². The van der Waals surface area contributed by atoms with E-state index in [1.165, 1.54) is 103 Å². The minimum absolute atomic E-state index is 0.0697. The van der Waals surface area contributed by atoms with Gasteiger partial charge in [0.05, 0.1) is 20.1 Å². The van der Waals surface area contributed by atoms with Crippen molar-refractivity contribution in [3.63, 3.8) is 0 Å². The molecule has 0 amide bonds. The van der Waals surface area contributed by atoms with Gasteiger partial charge in [-0.1, -0.05) is 20.3 Å². The fourth-order valence-corrected chi connectivity index (χ4v) is 11.4. The first-order valence-electron chi connectivity index (χ1n) is 16.1. The lowest BCUT2D eigenvalue weighted by atomic mass is 9.44. The van der Waals surface area contributed by atoms with E-state index >= 15 is 0 Å². The highest BCUT2D eigenvalue weighted by atomic mass is 16.5. The Balaban J connectivity index is 1.26. The van der Waals surface area contributed by atoms with Gasteiger partial charge in [-0.05, 0) is 113 Å². The SMILES string of the molecule is CC(=O)O[C@H]1C[C@@H]2CC[C@@H]3[C@H](CC[C@]4(C)[C@@H](O)[C@@H]([N+]5(C)CCCCC5)C[C@@H]34)[C@@]2(C)C[C@@H]1N1CCCCC1. The zero-order chi connectivity index (χ0) is 26.0. The van der Waals surface area contributed by atoms with Crippen LogP contribution < -0.4 is 0 Å². The lowest BCUT2D eigenvalue weighted by Crippen LogP contribution is -2.61. The first-order valence-corrected chi connectivity index (χ1v) is 16.1. The highest BCUT2D eigenvalue weighted by molar-refractivity contribution is 5.66. The van der Waals surface area contributed by atoms with Gasteiger partial charge in [-0.25, -0.2) is 0 Å². The Morgan fingerprint density at radius 3 is 2.32 bits per heavy atom. The first kappa shape index (κ1) is 26.6. The number of hydrogen-bond acceptors (Lipinski definition) is 4. The van der Waals surface area contributed by atoms with Crippen molar-refractivity contribution >= 4 is 5.97 Å². The molecule has 0 aromatic rings. The van der Waals surface area contributed by atoms with Crippen LogP contribution in [0, 0.1) is 34.5 Å². The number of piperidine rings is 2. The minimum atomic E-state index is -0.145. The maximum Gasteiger partial charge on any atom is 0.302 e. The highest BCUT2D eigenvalue weighted by Crippen LogP contribution is 2.67. The zero-order valence-electron chi connectivity index (χ0n) is 24.3. The van der Waals surface area contributed by atoms with E-state index in [0.29, 0.717) is 29.3 Å². The molecule has 4 saturated carbocycles. The van der Waals surface area contributed by atoms with Crippen molar-refractivity contribution in [1.29, 1.82) is 0 Å². The van der Waals surface area contributed by atoms with E-state index in [1.807, 2.05) is 0 Å². The highest BCUT2D eigenvalue weighted by Gasteiger charge is 2.66. The molecule has 210 valence electrons. The van der Waals surface area contributed by atoms with Crippen LogP contribution in [0.2, 0.25) is 0 Å². The molecule has 5 heteroatoms. The molecule has 2 saturated heterocycles. The maximum absolute atomic E-state index is 12.1. The summed E-state index contributed by atoms with van der Waals surface area (Å²) in [6, 6.07) is 0.817. The molecule has 10 atom stereocenters. The molecular formula is C32H55N2O3+. The summed E-state index contributed by atoms with van der Waals surface area (Å²) in [5, 5.41) is 11.9. The van der Waals surface area contributed by atoms with Crippen LogP contribution in [0.3, 0.4) is 0 Å². The van der Waals surface area contributed by atoms with Crippen LogP contribution in [0.5, 0.6) is 0 Å². The predicted octanol–water partition coefficient (Wildman–Crippen LogP) is 5.40. The molecule has 0 spiro atoms. The Labute approximate surface area is 226 Å². The molecule has 0 aromatic heterocycles. The monoisotopic (exact) mass is 515 g/mol. The number of ether oxygens (including phenoxy) is 1. The molecule has 37 heavy (non-hydrogen) atoms. The zero-order valence-corrected chi connectivity index (χ0v) is 24.3. The molecule has 0 unspecified atom stereocenters. The van der Waals surface area contributed by atoms with Gasteiger partial charge < -0.3 is 14.3 Å². The van der Waals surface area contributed by atoms with Crippen LogP contribution in [0.1, 0.15) is 104 Å². The average Bonchev–Trinajstić information content (AvgIpc) is 3.16. The third-order valence-corrected chi connectivity index (χ3v) is 13.4. The molecule has 6 aliphatic rings. The van der Waals surface area contributed by atoms with Crippen molar-refractivity contribution in [2.24, 2.45) is 34.5 Å². The predicted molar refractivity (Wildman–Crippen MR) is 147 cm³/mol. The van der Waals surface area contributed by atoms with Crippen molar-refractivity contribution in [3.8, 4) is 0 Å². The topological polar surface area (TPSA) is 49.8 Å². The number of carbonyl (C=O) groups is 1. The third kappa shape index (κ3) is 4.32. The number of hydrogen-bond donors (Lipinski definition) is 1. The Morgan fingerprint density at radius 2 is 1.62 bits per heavy atom. The Morgan fingerprint density at radius 1 is 0.919 bits per heavy atom.